The molecule has 2 aliphatic rings. The molecule has 0 unspecified atom stereocenters. The lowest BCUT2D eigenvalue weighted by molar-refractivity contribution is -0.160. The molecular weight excluding hydrogens is 568 g/mol. The van der Waals surface area contributed by atoms with Gasteiger partial charge in [0.15, 0.2) is 0 Å². The summed E-state index contributed by atoms with van der Waals surface area (Å²) in [6, 6.07) is 11.1. The molecular formula is C32H45ClN6O4. The van der Waals surface area contributed by atoms with Gasteiger partial charge in [0.1, 0.15) is 23.8 Å². The Labute approximate surface area is 260 Å². The number of hydrogen-bond acceptors (Lipinski definition) is 10. The number of ether oxygens (including phenoxy) is 3. The first-order valence-corrected chi connectivity index (χ1v) is 15.6. The lowest BCUT2D eigenvalue weighted by Gasteiger charge is -2.32. The van der Waals surface area contributed by atoms with Crippen molar-refractivity contribution in [3.8, 4) is 17.3 Å². The Morgan fingerprint density at radius 1 is 1.19 bits per heavy atom. The van der Waals surface area contributed by atoms with Crippen molar-refractivity contribution in [2.24, 2.45) is 5.41 Å². The quantitative estimate of drug-likeness (QED) is 0.261. The van der Waals surface area contributed by atoms with Gasteiger partial charge < -0.3 is 30.2 Å². The number of aromatic nitrogens is 2. The molecule has 11 heteroatoms. The third-order valence-electron chi connectivity index (χ3n) is 7.78. The van der Waals surface area contributed by atoms with Crippen molar-refractivity contribution >= 4 is 29.2 Å². The van der Waals surface area contributed by atoms with Gasteiger partial charge in [-0.2, -0.15) is 5.26 Å². The highest BCUT2D eigenvalue weighted by Gasteiger charge is 2.32. The largest absolute Gasteiger partial charge is 0.458 e. The maximum Gasteiger partial charge on any atom is 0.332 e. The van der Waals surface area contributed by atoms with Crippen molar-refractivity contribution in [3.63, 3.8) is 0 Å². The van der Waals surface area contributed by atoms with E-state index in [4.69, 9.17) is 30.8 Å². The molecule has 2 aromatic rings. The SMILES string of the molecule is C[C@H](COCC(=O)OC(C)(C)C)N[C@H]1CC[C@H](Nc2cc(-c3cccc(NCC4(C#N)CCOCC4)n3)c(Cl)cn2)CC1. The summed E-state index contributed by atoms with van der Waals surface area (Å²) in [5.41, 5.74) is 0.602. The number of nitrogens with zero attached hydrogens (tertiary/aromatic N) is 3. The Morgan fingerprint density at radius 3 is 2.60 bits per heavy atom. The number of halogens is 1. The molecule has 3 heterocycles. The summed E-state index contributed by atoms with van der Waals surface area (Å²) < 4.78 is 16.3. The number of carbonyl (C=O) groups excluding carboxylic acids is 1. The van der Waals surface area contributed by atoms with E-state index in [0.717, 1.165) is 42.8 Å². The molecule has 0 amide bonds. The third kappa shape index (κ3) is 10.3. The Balaban J connectivity index is 1.25. The summed E-state index contributed by atoms with van der Waals surface area (Å²) in [7, 11) is 0. The molecule has 1 aliphatic carbocycles. The van der Waals surface area contributed by atoms with Gasteiger partial charge in [-0.05, 0) is 84.4 Å². The van der Waals surface area contributed by atoms with E-state index in [2.05, 4.69) is 33.9 Å². The molecule has 3 N–H and O–H groups in total. The highest BCUT2D eigenvalue weighted by Crippen LogP contribution is 2.32. The van der Waals surface area contributed by atoms with Crippen LogP contribution in [0.15, 0.2) is 30.5 Å². The second-order valence-corrected chi connectivity index (χ2v) is 13.1. The van der Waals surface area contributed by atoms with Gasteiger partial charge in [-0.1, -0.05) is 17.7 Å². The molecule has 0 bridgehead atoms. The number of hydrogen-bond donors (Lipinski definition) is 3. The van der Waals surface area contributed by atoms with Crippen molar-refractivity contribution < 1.29 is 19.0 Å². The molecule has 10 nitrogen and oxygen atoms in total. The van der Waals surface area contributed by atoms with E-state index < -0.39 is 11.0 Å². The van der Waals surface area contributed by atoms with Gasteiger partial charge in [-0.3, -0.25) is 0 Å². The molecule has 1 saturated heterocycles. The zero-order valence-electron chi connectivity index (χ0n) is 25.7. The Hall–Kier alpha value is -2.97. The summed E-state index contributed by atoms with van der Waals surface area (Å²) in [5, 5.41) is 20.9. The second-order valence-electron chi connectivity index (χ2n) is 12.7. The zero-order chi connectivity index (χ0) is 30.9. The normalized spacial score (nSPS) is 20.9. The number of carbonyl (C=O) groups is 1. The molecule has 2 fully saturated rings. The molecule has 0 spiro atoms. The van der Waals surface area contributed by atoms with Crippen molar-refractivity contribution in [2.45, 2.75) is 89.9 Å². The summed E-state index contributed by atoms with van der Waals surface area (Å²) in [4.78, 5) is 21.2. The number of nitrogens with one attached hydrogen (secondary N) is 3. The van der Waals surface area contributed by atoms with Gasteiger partial charge in [0.25, 0.3) is 0 Å². The molecule has 43 heavy (non-hydrogen) atoms. The monoisotopic (exact) mass is 612 g/mol. The predicted molar refractivity (Wildman–Crippen MR) is 168 cm³/mol. The maximum absolute atomic E-state index is 11.8. The highest BCUT2D eigenvalue weighted by molar-refractivity contribution is 6.33. The van der Waals surface area contributed by atoms with E-state index in [9.17, 15) is 10.1 Å². The fraction of sp³-hybridized carbons (Fsp3) is 0.625. The summed E-state index contributed by atoms with van der Waals surface area (Å²) in [6.07, 6.45) is 7.16. The summed E-state index contributed by atoms with van der Waals surface area (Å²) in [5.74, 6) is 1.13. The molecule has 1 aliphatic heterocycles. The maximum atomic E-state index is 11.8. The van der Waals surface area contributed by atoms with E-state index in [1.54, 1.807) is 6.20 Å². The lowest BCUT2D eigenvalue weighted by Crippen LogP contribution is -2.43. The average molecular weight is 613 g/mol. The van der Waals surface area contributed by atoms with Crippen molar-refractivity contribution in [1.82, 2.24) is 15.3 Å². The number of rotatable bonds is 12. The minimum atomic E-state index is -0.506. The topological polar surface area (TPSA) is 130 Å². The molecule has 4 rings (SSSR count). The van der Waals surface area contributed by atoms with Crippen LogP contribution in [-0.2, 0) is 19.0 Å². The van der Waals surface area contributed by atoms with Gasteiger partial charge in [0.05, 0.1) is 28.8 Å². The van der Waals surface area contributed by atoms with Crippen molar-refractivity contribution in [2.75, 3.05) is 43.6 Å². The fourth-order valence-corrected chi connectivity index (χ4v) is 5.70. The van der Waals surface area contributed by atoms with Gasteiger partial charge >= 0.3 is 5.97 Å². The number of esters is 1. The lowest BCUT2D eigenvalue weighted by atomic mass is 9.82. The van der Waals surface area contributed by atoms with Gasteiger partial charge in [-0.25, -0.2) is 14.8 Å². The van der Waals surface area contributed by atoms with E-state index in [1.807, 2.05) is 45.0 Å². The van der Waals surface area contributed by atoms with Crippen molar-refractivity contribution in [1.29, 1.82) is 5.26 Å². The zero-order valence-corrected chi connectivity index (χ0v) is 26.5. The number of pyridine rings is 2. The van der Waals surface area contributed by atoms with Crippen LogP contribution in [0.2, 0.25) is 5.02 Å². The van der Waals surface area contributed by atoms with Gasteiger partial charge in [0.2, 0.25) is 0 Å². The third-order valence-corrected chi connectivity index (χ3v) is 8.08. The average Bonchev–Trinajstić information content (AvgIpc) is 2.98. The van der Waals surface area contributed by atoms with Gasteiger partial charge in [-0.15, -0.1) is 0 Å². The van der Waals surface area contributed by atoms with Gasteiger partial charge in [0, 0.05) is 49.6 Å². The number of nitriles is 1. The Kier molecular flexibility index (Phi) is 11.6. The van der Waals surface area contributed by atoms with Crippen LogP contribution >= 0.6 is 11.6 Å². The smallest absolute Gasteiger partial charge is 0.332 e. The van der Waals surface area contributed by atoms with Crippen LogP contribution < -0.4 is 16.0 Å². The predicted octanol–water partition coefficient (Wildman–Crippen LogP) is 5.59. The first-order valence-electron chi connectivity index (χ1n) is 15.2. The molecule has 234 valence electrons. The van der Waals surface area contributed by atoms with Crippen LogP contribution in [0.3, 0.4) is 0 Å². The van der Waals surface area contributed by atoms with Crippen LogP contribution in [0.25, 0.3) is 11.3 Å². The molecule has 0 aromatic carbocycles. The standard InChI is InChI=1S/C32H45ClN6O4/c1-22(18-42-19-30(40)43-31(2,3)4)37-23-8-10-24(11-9-23)38-29-16-25(26(33)17-35-29)27-6-5-7-28(39-27)36-21-32(20-34)12-14-41-15-13-32/h5-7,16-17,22-24,37H,8-15,18-19,21H2,1-4H3,(H,35,38)(H,36,39)/t22-,23-,24-/m1/s1. The minimum Gasteiger partial charge on any atom is -0.458 e. The Morgan fingerprint density at radius 2 is 1.91 bits per heavy atom. The summed E-state index contributed by atoms with van der Waals surface area (Å²) >= 11 is 6.57. The van der Waals surface area contributed by atoms with E-state index in [0.29, 0.717) is 62.1 Å². The highest BCUT2D eigenvalue weighted by atomic mass is 35.5. The van der Waals surface area contributed by atoms with E-state index in [1.165, 1.54) is 0 Å². The first kappa shape index (κ1) is 32.9. The van der Waals surface area contributed by atoms with E-state index >= 15 is 0 Å². The number of anilines is 2. The Bertz CT molecular complexity index is 1250. The fourth-order valence-electron chi connectivity index (χ4n) is 5.50. The molecule has 0 radical (unpaired) electrons. The van der Waals surface area contributed by atoms with Crippen molar-refractivity contribution in [3.05, 3.63) is 35.5 Å². The van der Waals surface area contributed by atoms with E-state index in [-0.39, 0.29) is 18.6 Å². The second kappa shape index (κ2) is 15.2. The molecule has 1 saturated carbocycles. The van der Waals surface area contributed by atoms with Crippen LogP contribution in [0.1, 0.15) is 66.2 Å². The summed E-state index contributed by atoms with van der Waals surface area (Å²) in [6.45, 7) is 9.76. The van der Waals surface area contributed by atoms with Crippen LogP contribution in [0.4, 0.5) is 11.6 Å². The minimum absolute atomic E-state index is 0.0376. The van der Waals surface area contributed by atoms with Crippen LogP contribution in [-0.4, -0.2) is 72.6 Å². The first-order chi connectivity index (χ1) is 20.5. The molecule has 2 aromatic heterocycles. The van der Waals surface area contributed by atoms with Crippen LogP contribution in [0, 0.1) is 16.7 Å². The van der Waals surface area contributed by atoms with Crippen LogP contribution in [0.5, 0.6) is 0 Å². The molecule has 1 atom stereocenters.